The van der Waals surface area contributed by atoms with Gasteiger partial charge in [-0.25, -0.2) is 4.79 Å². The minimum absolute atomic E-state index is 0.00795. The number of alkyl carbamates (subject to hydrolysis) is 1. The summed E-state index contributed by atoms with van der Waals surface area (Å²) in [6.07, 6.45) is 1.92. The number of carboxylic acids is 1. The molecule has 1 saturated heterocycles. The normalized spacial score (nSPS) is 25.2. The SMILES string of the molecule is C[C@@H]1CN(C(=O)[C@@H]2CCC[C@@H]2NC(=O)OCC2c3ccccc3-c3ccccc32)C[C@H]1CC(=O)O. The van der Waals surface area contributed by atoms with Crippen LogP contribution in [0.15, 0.2) is 48.5 Å². The average molecular weight is 477 g/mol. The fraction of sp³-hybridized carbons (Fsp3) is 0.464. The molecule has 4 atom stereocenters. The second-order valence-electron chi connectivity index (χ2n) is 10.2. The maximum Gasteiger partial charge on any atom is 0.407 e. The predicted molar refractivity (Wildman–Crippen MR) is 131 cm³/mol. The number of aliphatic carboxylic acids is 1. The van der Waals surface area contributed by atoms with Crippen LogP contribution >= 0.6 is 0 Å². The van der Waals surface area contributed by atoms with Crippen LogP contribution in [0.1, 0.15) is 49.7 Å². The summed E-state index contributed by atoms with van der Waals surface area (Å²) in [6.45, 7) is 3.29. The molecule has 2 aromatic carbocycles. The molecule has 7 nitrogen and oxygen atoms in total. The van der Waals surface area contributed by atoms with E-state index >= 15 is 0 Å². The Morgan fingerprint density at radius 1 is 1.00 bits per heavy atom. The van der Waals surface area contributed by atoms with Gasteiger partial charge in [0.15, 0.2) is 0 Å². The van der Waals surface area contributed by atoms with Gasteiger partial charge in [-0.1, -0.05) is 61.9 Å². The van der Waals surface area contributed by atoms with Gasteiger partial charge in [-0.3, -0.25) is 9.59 Å². The van der Waals surface area contributed by atoms with Gasteiger partial charge in [0.05, 0.1) is 12.3 Å². The first-order valence-electron chi connectivity index (χ1n) is 12.5. The molecule has 0 spiro atoms. The molecule has 3 aliphatic rings. The average Bonchev–Trinajstić information content (AvgIpc) is 3.53. The number of nitrogens with one attached hydrogen (secondary N) is 1. The number of hydrogen-bond acceptors (Lipinski definition) is 4. The summed E-state index contributed by atoms with van der Waals surface area (Å²) >= 11 is 0. The van der Waals surface area contributed by atoms with Gasteiger partial charge < -0.3 is 20.1 Å². The van der Waals surface area contributed by atoms with Crippen LogP contribution in [0.5, 0.6) is 0 Å². The summed E-state index contributed by atoms with van der Waals surface area (Å²) in [5.74, 6) is -0.966. The molecule has 2 fully saturated rings. The molecule has 7 heteroatoms. The Labute approximate surface area is 205 Å². The van der Waals surface area contributed by atoms with Crippen LogP contribution < -0.4 is 5.32 Å². The van der Waals surface area contributed by atoms with E-state index in [9.17, 15) is 14.4 Å². The molecule has 5 rings (SSSR count). The first kappa shape index (κ1) is 23.4. The van der Waals surface area contributed by atoms with Crippen molar-refractivity contribution in [1.29, 1.82) is 0 Å². The number of amides is 2. The lowest BCUT2D eigenvalue weighted by Crippen LogP contribution is -2.45. The monoisotopic (exact) mass is 476 g/mol. The number of hydrogen-bond donors (Lipinski definition) is 2. The number of carbonyl (C=O) groups excluding carboxylic acids is 2. The third-order valence-corrected chi connectivity index (χ3v) is 8.00. The van der Waals surface area contributed by atoms with Crippen LogP contribution in [-0.2, 0) is 14.3 Å². The largest absolute Gasteiger partial charge is 0.481 e. The first-order chi connectivity index (χ1) is 16.9. The molecule has 1 saturated carbocycles. The molecule has 2 aromatic rings. The summed E-state index contributed by atoms with van der Waals surface area (Å²) in [6, 6.07) is 16.2. The lowest BCUT2D eigenvalue weighted by atomic mass is 9.95. The van der Waals surface area contributed by atoms with Gasteiger partial charge in [0, 0.05) is 25.0 Å². The van der Waals surface area contributed by atoms with E-state index in [1.165, 1.54) is 11.1 Å². The summed E-state index contributed by atoms with van der Waals surface area (Å²) in [5, 5.41) is 12.1. The van der Waals surface area contributed by atoms with E-state index in [1.54, 1.807) is 4.90 Å². The van der Waals surface area contributed by atoms with Crippen LogP contribution in [-0.4, -0.2) is 53.7 Å². The maximum atomic E-state index is 13.2. The summed E-state index contributed by atoms with van der Waals surface area (Å²) in [7, 11) is 0. The molecule has 2 amide bonds. The molecule has 2 N–H and O–H groups in total. The molecule has 0 radical (unpaired) electrons. The van der Waals surface area contributed by atoms with Crippen molar-refractivity contribution in [3.63, 3.8) is 0 Å². The molecular weight excluding hydrogens is 444 g/mol. The molecule has 1 heterocycles. The molecule has 0 unspecified atom stereocenters. The van der Waals surface area contributed by atoms with Gasteiger partial charge in [0.1, 0.15) is 6.61 Å². The Morgan fingerprint density at radius 2 is 1.66 bits per heavy atom. The Balaban J connectivity index is 1.19. The molecule has 184 valence electrons. The molecule has 35 heavy (non-hydrogen) atoms. The van der Waals surface area contributed by atoms with Crippen molar-refractivity contribution in [3.8, 4) is 11.1 Å². The van der Waals surface area contributed by atoms with Crippen LogP contribution in [0.2, 0.25) is 0 Å². The Kier molecular flexibility index (Phi) is 6.50. The highest BCUT2D eigenvalue weighted by atomic mass is 16.5. The Hall–Kier alpha value is -3.35. The fourth-order valence-electron chi connectivity index (χ4n) is 6.16. The van der Waals surface area contributed by atoms with E-state index in [0.29, 0.717) is 13.1 Å². The summed E-state index contributed by atoms with van der Waals surface area (Å²) in [5.41, 5.74) is 4.68. The minimum Gasteiger partial charge on any atom is -0.481 e. The van der Waals surface area contributed by atoms with Gasteiger partial charge >= 0.3 is 12.1 Å². The van der Waals surface area contributed by atoms with E-state index < -0.39 is 12.1 Å². The lowest BCUT2D eigenvalue weighted by molar-refractivity contribution is -0.139. The van der Waals surface area contributed by atoms with Crippen LogP contribution in [0.25, 0.3) is 11.1 Å². The van der Waals surface area contributed by atoms with Crippen LogP contribution in [0.4, 0.5) is 4.79 Å². The Bertz CT molecular complexity index is 1090. The summed E-state index contributed by atoms with van der Waals surface area (Å²) < 4.78 is 5.69. The van der Waals surface area contributed by atoms with Crippen molar-refractivity contribution in [1.82, 2.24) is 10.2 Å². The minimum atomic E-state index is -0.827. The number of rotatable bonds is 6. The van der Waals surface area contributed by atoms with Crippen molar-refractivity contribution < 1.29 is 24.2 Å². The number of carboxylic acid groups (broad SMARTS) is 1. The van der Waals surface area contributed by atoms with Crippen molar-refractivity contribution in [2.24, 2.45) is 17.8 Å². The standard InChI is InChI=1S/C28H32N2O5/c1-17-14-30(15-18(17)13-26(31)32)27(33)23-11-6-12-25(23)29-28(34)35-16-24-21-9-4-2-7-19(21)20-8-3-5-10-22(20)24/h2-5,7-10,17-18,23-25H,6,11-16H2,1H3,(H,29,34)(H,31,32)/t17-,18-,23-,25+/m1/s1. The zero-order valence-electron chi connectivity index (χ0n) is 20.0. The number of benzene rings is 2. The van der Waals surface area contributed by atoms with Crippen molar-refractivity contribution in [2.75, 3.05) is 19.7 Å². The number of ether oxygens (including phenoxy) is 1. The highest BCUT2D eigenvalue weighted by Gasteiger charge is 2.41. The first-order valence-corrected chi connectivity index (χ1v) is 12.5. The van der Waals surface area contributed by atoms with Crippen molar-refractivity contribution in [2.45, 2.75) is 44.6 Å². The third kappa shape index (κ3) is 4.64. The van der Waals surface area contributed by atoms with Gasteiger partial charge in [-0.05, 0) is 46.9 Å². The van der Waals surface area contributed by atoms with E-state index in [4.69, 9.17) is 9.84 Å². The lowest BCUT2D eigenvalue weighted by Gasteiger charge is -2.26. The third-order valence-electron chi connectivity index (χ3n) is 8.00. The van der Waals surface area contributed by atoms with E-state index in [2.05, 4.69) is 29.6 Å². The Morgan fingerprint density at radius 3 is 2.31 bits per heavy atom. The molecule has 0 aromatic heterocycles. The topological polar surface area (TPSA) is 95.9 Å². The maximum absolute atomic E-state index is 13.2. The van der Waals surface area contributed by atoms with Crippen LogP contribution in [0.3, 0.4) is 0 Å². The van der Waals surface area contributed by atoms with Crippen molar-refractivity contribution in [3.05, 3.63) is 59.7 Å². The number of fused-ring (bicyclic) bond motifs is 3. The van der Waals surface area contributed by atoms with Crippen LogP contribution in [0, 0.1) is 17.8 Å². The second kappa shape index (κ2) is 9.72. The zero-order valence-corrected chi connectivity index (χ0v) is 20.0. The smallest absolute Gasteiger partial charge is 0.407 e. The fourth-order valence-corrected chi connectivity index (χ4v) is 6.16. The molecular formula is C28H32N2O5. The van der Waals surface area contributed by atoms with E-state index in [-0.39, 0.29) is 48.6 Å². The zero-order chi connectivity index (χ0) is 24.5. The van der Waals surface area contributed by atoms with E-state index in [0.717, 1.165) is 30.4 Å². The molecule has 0 bridgehead atoms. The number of carbonyl (C=O) groups is 3. The number of likely N-dealkylation sites (tertiary alicyclic amines) is 1. The second-order valence-corrected chi connectivity index (χ2v) is 10.2. The number of nitrogens with zero attached hydrogens (tertiary/aromatic N) is 1. The highest BCUT2D eigenvalue weighted by molar-refractivity contribution is 5.82. The highest BCUT2D eigenvalue weighted by Crippen LogP contribution is 2.44. The predicted octanol–water partition coefficient (Wildman–Crippen LogP) is 4.26. The van der Waals surface area contributed by atoms with Gasteiger partial charge in [-0.15, -0.1) is 0 Å². The summed E-state index contributed by atoms with van der Waals surface area (Å²) in [4.78, 5) is 38.9. The molecule has 2 aliphatic carbocycles. The molecule has 1 aliphatic heterocycles. The van der Waals surface area contributed by atoms with E-state index in [1.807, 2.05) is 31.2 Å². The van der Waals surface area contributed by atoms with Gasteiger partial charge in [0.25, 0.3) is 0 Å². The van der Waals surface area contributed by atoms with Crippen molar-refractivity contribution >= 4 is 18.0 Å². The van der Waals surface area contributed by atoms with Gasteiger partial charge in [-0.2, -0.15) is 0 Å². The quantitative estimate of drug-likeness (QED) is 0.649. The van der Waals surface area contributed by atoms with Gasteiger partial charge in [0.2, 0.25) is 5.91 Å².